The Morgan fingerprint density at radius 2 is 1.95 bits per heavy atom. The Hall–Kier alpha value is -1.68. The number of thiazole rings is 1. The van der Waals surface area contributed by atoms with Crippen LogP contribution >= 0.6 is 11.3 Å². The molecule has 0 N–H and O–H groups in total. The number of carbonyl (C=O) groups is 1. The standard InChI is InChI=1S/C17H21NO2S/c1-5-15-16(12(4)19)21-17(18-15)13-6-8-14(9-7-13)20-10-11(2)3/h6-9,11H,5,10H2,1-4H3. The second kappa shape index (κ2) is 6.85. The lowest BCUT2D eigenvalue weighted by Gasteiger charge is -2.08. The third-order valence-electron chi connectivity index (χ3n) is 3.04. The van der Waals surface area contributed by atoms with Crippen LogP contribution in [-0.4, -0.2) is 17.4 Å². The molecule has 4 heteroatoms. The van der Waals surface area contributed by atoms with Crippen molar-refractivity contribution < 1.29 is 9.53 Å². The molecular formula is C17H21NO2S. The summed E-state index contributed by atoms with van der Waals surface area (Å²) in [5.74, 6) is 1.47. The van der Waals surface area contributed by atoms with E-state index in [4.69, 9.17) is 4.74 Å². The zero-order valence-electron chi connectivity index (χ0n) is 13.0. The average Bonchev–Trinajstić information content (AvgIpc) is 2.90. The van der Waals surface area contributed by atoms with Crippen molar-refractivity contribution in [1.82, 2.24) is 4.98 Å². The molecule has 0 saturated carbocycles. The first kappa shape index (κ1) is 15.7. The van der Waals surface area contributed by atoms with E-state index < -0.39 is 0 Å². The number of ether oxygens (including phenoxy) is 1. The number of ketones is 1. The molecule has 0 atom stereocenters. The van der Waals surface area contributed by atoms with Crippen LogP contribution in [0.4, 0.5) is 0 Å². The number of carbonyl (C=O) groups excluding carboxylic acids is 1. The molecule has 0 radical (unpaired) electrons. The Morgan fingerprint density at radius 1 is 1.29 bits per heavy atom. The maximum Gasteiger partial charge on any atom is 0.171 e. The summed E-state index contributed by atoms with van der Waals surface area (Å²) in [7, 11) is 0. The van der Waals surface area contributed by atoms with Gasteiger partial charge in [-0.15, -0.1) is 11.3 Å². The van der Waals surface area contributed by atoms with E-state index in [0.717, 1.165) is 33.3 Å². The van der Waals surface area contributed by atoms with Crippen LogP contribution in [0.15, 0.2) is 24.3 Å². The van der Waals surface area contributed by atoms with Gasteiger partial charge in [-0.05, 0) is 36.6 Å². The maximum atomic E-state index is 11.6. The van der Waals surface area contributed by atoms with Crippen LogP contribution < -0.4 is 4.74 Å². The number of Topliss-reactive ketones (excluding diaryl/α,β-unsaturated/α-hetero) is 1. The van der Waals surface area contributed by atoms with E-state index in [1.54, 1.807) is 6.92 Å². The molecule has 2 aromatic rings. The Bertz CT molecular complexity index is 614. The van der Waals surface area contributed by atoms with Gasteiger partial charge in [-0.1, -0.05) is 20.8 Å². The number of hydrogen-bond donors (Lipinski definition) is 0. The lowest BCUT2D eigenvalue weighted by molar-refractivity contribution is 0.102. The molecule has 1 aromatic heterocycles. The zero-order chi connectivity index (χ0) is 15.4. The minimum atomic E-state index is 0.0903. The van der Waals surface area contributed by atoms with Crippen molar-refractivity contribution in [2.24, 2.45) is 5.92 Å². The first-order valence-corrected chi connectivity index (χ1v) is 8.06. The minimum Gasteiger partial charge on any atom is -0.493 e. The van der Waals surface area contributed by atoms with Gasteiger partial charge in [-0.3, -0.25) is 4.79 Å². The van der Waals surface area contributed by atoms with Crippen molar-refractivity contribution in [3.05, 3.63) is 34.8 Å². The smallest absolute Gasteiger partial charge is 0.171 e. The molecule has 3 nitrogen and oxygen atoms in total. The van der Waals surface area contributed by atoms with Gasteiger partial charge < -0.3 is 4.74 Å². The summed E-state index contributed by atoms with van der Waals surface area (Å²) >= 11 is 1.47. The monoisotopic (exact) mass is 303 g/mol. The van der Waals surface area contributed by atoms with Gasteiger partial charge >= 0.3 is 0 Å². The fraction of sp³-hybridized carbons (Fsp3) is 0.412. The SMILES string of the molecule is CCc1nc(-c2ccc(OCC(C)C)cc2)sc1C(C)=O. The van der Waals surface area contributed by atoms with Crippen LogP contribution in [0.3, 0.4) is 0 Å². The summed E-state index contributed by atoms with van der Waals surface area (Å²) in [6.45, 7) is 8.58. The van der Waals surface area contributed by atoms with Crippen molar-refractivity contribution in [3.8, 4) is 16.3 Å². The van der Waals surface area contributed by atoms with E-state index in [9.17, 15) is 4.79 Å². The number of aryl methyl sites for hydroxylation is 1. The Kier molecular flexibility index (Phi) is 5.12. The van der Waals surface area contributed by atoms with Crippen LogP contribution in [0.1, 0.15) is 43.1 Å². The summed E-state index contributed by atoms with van der Waals surface area (Å²) in [4.78, 5) is 17.0. The summed E-state index contributed by atoms with van der Waals surface area (Å²) in [6.07, 6.45) is 0.779. The van der Waals surface area contributed by atoms with Gasteiger partial charge in [-0.25, -0.2) is 4.98 Å². The molecule has 1 heterocycles. The fourth-order valence-electron chi connectivity index (χ4n) is 1.95. The van der Waals surface area contributed by atoms with Crippen molar-refractivity contribution >= 4 is 17.1 Å². The highest BCUT2D eigenvalue weighted by atomic mass is 32.1. The first-order chi connectivity index (χ1) is 10.0. The first-order valence-electron chi connectivity index (χ1n) is 7.25. The van der Waals surface area contributed by atoms with Crippen LogP contribution in [0, 0.1) is 5.92 Å². The lowest BCUT2D eigenvalue weighted by Crippen LogP contribution is -2.04. The molecule has 21 heavy (non-hydrogen) atoms. The van der Waals surface area contributed by atoms with Crippen molar-refractivity contribution in [1.29, 1.82) is 0 Å². The molecule has 0 aliphatic heterocycles. The topological polar surface area (TPSA) is 39.2 Å². The molecule has 0 aliphatic rings. The molecule has 2 rings (SSSR count). The second-order valence-corrected chi connectivity index (χ2v) is 6.43. The number of aromatic nitrogens is 1. The van der Waals surface area contributed by atoms with E-state index in [2.05, 4.69) is 18.8 Å². The second-order valence-electron chi connectivity index (χ2n) is 5.43. The molecule has 0 bridgehead atoms. The Balaban J connectivity index is 2.20. The number of rotatable bonds is 6. The molecule has 0 unspecified atom stereocenters. The molecule has 0 fully saturated rings. The van der Waals surface area contributed by atoms with Crippen LogP contribution in [-0.2, 0) is 6.42 Å². The van der Waals surface area contributed by atoms with E-state index in [1.165, 1.54) is 11.3 Å². The third-order valence-corrected chi connectivity index (χ3v) is 4.28. The number of nitrogens with zero attached hydrogens (tertiary/aromatic N) is 1. The molecule has 0 aliphatic carbocycles. The molecule has 1 aromatic carbocycles. The van der Waals surface area contributed by atoms with E-state index in [1.807, 2.05) is 31.2 Å². The van der Waals surface area contributed by atoms with Gasteiger partial charge in [0.1, 0.15) is 10.8 Å². The van der Waals surface area contributed by atoms with E-state index in [0.29, 0.717) is 12.5 Å². The average molecular weight is 303 g/mol. The van der Waals surface area contributed by atoms with Crippen molar-refractivity contribution in [2.75, 3.05) is 6.61 Å². The van der Waals surface area contributed by atoms with E-state index >= 15 is 0 Å². The maximum absolute atomic E-state index is 11.6. The van der Waals surface area contributed by atoms with Crippen LogP contribution in [0.5, 0.6) is 5.75 Å². The largest absolute Gasteiger partial charge is 0.493 e. The fourth-order valence-corrected chi connectivity index (χ4v) is 3.00. The predicted octanol–water partition coefficient (Wildman–Crippen LogP) is 4.61. The summed E-state index contributed by atoms with van der Waals surface area (Å²) in [5, 5.41) is 0.896. The van der Waals surface area contributed by atoms with Gasteiger partial charge in [0.15, 0.2) is 5.78 Å². The van der Waals surface area contributed by atoms with Gasteiger partial charge in [0.05, 0.1) is 17.2 Å². The highest BCUT2D eigenvalue weighted by Crippen LogP contribution is 2.30. The third kappa shape index (κ3) is 3.91. The Labute approximate surface area is 130 Å². The molecule has 0 amide bonds. The van der Waals surface area contributed by atoms with Crippen LogP contribution in [0.25, 0.3) is 10.6 Å². The van der Waals surface area contributed by atoms with Gasteiger partial charge in [0.2, 0.25) is 0 Å². The number of benzene rings is 1. The zero-order valence-corrected chi connectivity index (χ0v) is 13.8. The summed E-state index contributed by atoms with van der Waals surface area (Å²) < 4.78 is 5.68. The minimum absolute atomic E-state index is 0.0903. The van der Waals surface area contributed by atoms with Crippen molar-refractivity contribution in [3.63, 3.8) is 0 Å². The lowest BCUT2D eigenvalue weighted by atomic mass is 10.2. The summed E-state index contributed by atoms with van der Waals surface area (Å²) in [5.41, 5.74) is 1.92. The predicted molar refractivity (Wildman–Crippen MR) is 87.3 cm³/mol. The normalized spacial score (nSPS) is 10.9. The van der Waals surface area contributed by atoms with Crippen LogP contribution in [0.2, 0.25) is 0 Å². The number of hydrogen-bond acceptors (Lipinski definition) is 4. The van der Waals surface area contributed by atoms with Gasteiger partial charge in [-0.2, -0.15) is 0 Å². The highest BCUT2D eigenvalue weighted by molar-refractivity contribution is 7.17. The van der Waals surface area contributed by atoms with Gasteiger partial charge in [0, 0.05) is 12.5 Å². The van der Waals surface area contributed by atoms with Crippen molar-refractivity contribution in [2.45, 2.75) is 34.1 Å². The summed E-state index contributed by atoms with van der Waals surface area (Å²) in [6, 6.07) is 7.91. The quantitative estimate of drug-likeness (QED) is 0.731. The Morgan fingerprint density at radius 3 is 2.43 bits per heavy atom. The molecular weight excluding hydrogens is 282 g/mol. The molecule has 0 saturated heterocycles. The van der Waals surface area contributed by atoms with Gasteiger partial charge in [0.25, 0.3) is 0 Å². The van der Waals surface area contributed by atoms with E-state index in [-0.39, 0.29) is 5.78 Å². The molecule has 112 valence electrons. The molecule has 0 spiro atoms. The highest BCUT2D eigenvalue weighted by Gasteiger charge is 2.14.